The maximum atomic E-state index is 6.00. The molecule has 1 aromatic heterocycles. The fraction of sp³-hybridized carbons (Fsp3) is 0.167. The van der Waals surface area contributed by atoms with Gasteiger partial charge in [-0.3, -0.25) is 5.10 Å². The fourth-order valence-electron chi connectivity index (χ4n) is 2.62. The van der Waals surface area contributed by atoms with Gasteiger partial charge in [0.1, 0.15) is 0 Å². The van der Waals surface area contributed by atoms with Crippen LogP contribution >= 0.6 is 0 Å². The second-order valence-corrected chi connectivity index (χ2v) is 5.23. The van der Waals surface area contributed by atoms with Gasteiger partial charge in [-0.1, -0.05) is 54.6 Å². The molecule has 0 aliphatic rings. The highest BCUT2D eigenvalue weighted by molar-refractivity contribution is 5.62. The Morgan fingerprint density at radius 1 is 1.00 bits per heavy atom. The Morgan fingerprint density at radius 2 is 1.86 bits per heavy atom. The summed E-state index contributed by atoms with van der Waals surface area (Å²) in [5.41, 5.74) is 10.9. The van der Waals surface area contributed by atoms with Crippen LogP contribution in [0.4, 0.5) is 0 Å². The zero-order valence-electron chi connectivity index (χ0n) is 11.9. The Hall–Kier alpha value is -2.39. The molecule has 1 atom stereocenters. The van der Waals surface area contributed by atoms with Crippen LogP contribution in [0.25, 0.3) is 11.1 Å². The lowest BCUT2D eigenvalue weighted by atomic mass is 9.90. The minimum absolute atomic E-state index is 0.333. The Kier molecular flexibility index (Phi) is 4.12. The van der Waals surface area contributed by atoms with Crippen molar-refractivity contribution in [3.63, 3.8) is 0 Å². The Bertz CT molecular complexity index is 675. The highest BCUT2D eigenvalue weighted by Gasteiger charge is 2.11. The number of H-pyrrole nitrogens is 1. The van der Waals surface area contributed by atoms with E-state index < -0.39 is 0 Å². The van der Waals surface area contributed by atoms with Crippen LogP contribution in [0.2, 0.25) is 0 Å². The van der Waals surface area contributed by atoms with Gasteiger partial charge in [-0.2, -0.15) is 5.10 Å². The third-order valence-electron chi connectivity index (χ3n) is 3.80. The van der Waals surface area contributed by atoms with Crippen molar-refractivity contribution >= 4 is 0 Å². The second kappa shape index (κ2) is 6.37. The molecule has 0 bridgehead atoms. The van der Waals surface area contributed by atoms with Crippen molar-refractivity contribution in [2.75, 3.05) is 6.54 Å². The SMILES string of the molecule is NCC(Cc1ccccc1)c1cccc(-c2cn[nH]c2)c1. The molecule has 0 spiro atoms. The molecular weight excluding hydrogens is 258 g/mol. The molecule has 3 heteroatoms. The van der Waals surface area contributed by atoms with Gasteiger partial charge in [0.2, 0.25) is 0 Å². The Morgan fingerprint density at radius 3 is 2.57 bits per heavy atom. The molecule has 0 saturated carbocycles. The molecule has 0 aliphatic heterocycles. The Balaban J connectivity index is 1.86. The molecule has 0 amide bonds. The molecule has 0 saturated heterocycles. The van der Waals surface area contributed by atoms with Crippen molar-refractivity contribution in [2.45, 2.75) is 12.3 Å². The minimum atomic E-state index is 0.333. The predicted molar refractivity (Wildman–Crippen MR) is 86.0 cm³/mol. The van der Waals surface area contributed by atoms with E-state index in [9.17, 15) is 0 Å². The van der Waals surface area contributed by atoms with Gasteiger partial charge < -0.3 is 5.73 Å². The van der Waals surface area contributed by atoms with Gasteiger partial charge in [0.15, 0.2) is 0 Å². The first-order valence-electron chi connectivity index (χ1n) is 7.20. The number of nitrogens with zero attached hydrogens (tertiary/aromatic N) is 1. The van der Waals surface area contributed by atoms with Crippen LogP contribution in [0.1, 0.15) is 17.0 Å². The van der Waals surface area contributed by atoms with E-state index in [2.05, 4.69) is 58.7 Å². The first-order chi connectivity index (χ1) is 10.4. The molecule has 0 radical (unpaired) electrons. The lowest BCUT2D eigenvalue weighted by Crippen LogP contribution is -2.15. The van der Waals surface area contributed by atoms with Crippen LogP contribution in [0.5, 0.6) is 0 Å². The molecule has 3 aromatic rings. The van der Waals surface area contributed by atoms with E-state index in [-0.39, 0.29) is 0 Å². The fourth-order valence-corrected chi connectivity index (χ4v) is 2.62. The molecule has 21 heavy (non-hydrogen) atoms. The molecule has 0 fully saturated rings. The van der Waals surface area contributed by atoms with Gasteiger partial charge >= 0.3 is 0 Å². The third kappa shape index (κ3) is 3.20. The third-order valence-corrected chi connectivity index (χ3v) is 3.80. The van der Waals surface area contributed by atoms with Crippen molar-refractivity contribution in [2.24, 2.45) is 5.73 Å². The van der Waals surface area contributed by atoms with Crippen molar-refractivity contribution in [3.8, 4) is 11.1 Å². The van der Waals surface area contributed by atoms with Gasteiger partial charge in [-0.25, -0.2) is 0 Å². The molecule has 106 valence electrons. The molecular formula is C18H19N3. The van der Waals surface area contributed by atoms with Gasteiger partial charge in [0.05, 0.1) is 6.20 Å². The van der Waals surface area contributed by atoms with E-state index in [0.717, 1.165) is 12.0 Å². The van der Waals surface area contributed by atoms with Gasteiger partial charge in [0, 0.05) is 17.7 Å². The van der Waals surface area contributed by atoms with E-state index in [0.29, 0.717) is 12.5 Å². The van der Waals surface area contributed by atoms with Crippen LogP contribution in [0, 0.1) is 0 Å². The number of hydrogen-bond donors (Lipinski definition) is 2. The average molecular weight is 277 g/mol. The summed E-state index contributed by atoms with van der Waals surface area (Å²) in [6.07, 6.45) is 4.72. The Labute approximate surface area is 124 Å². The summed E-state index contributed by atoms with van der Waals surface area (Å²) in [7, 11) is 0. The number of rotatable bonds is 5. The summed E-state index contributed by atoms with van der Waals surface area (Å²) in [6.45, 7) is 0.643. The predicted octanol–water partition coefficient (Wildman–Crippen LogP) is 3.36. The number of nitrogens with one attached hydrogen (secondary N) is 1. The van der Waals surface area contributed by atoms with Gasteiger partial charge in [-0.15, -0.1) is 0 Å². The van der Waals surface area contributed by atoms with Crippen molar-refractivity contribution in [3.05, 3.63) is 78.1 Å². The number of aromatic nitrogens is 2. The number of hydrogen-bond acceptors (Lipinski definition) is 2. The largest absolute Gasteiger partial charge is 0.330 e. The zero-order chi connectivity index (χ0) is 14.5. The maximum absolute atomic E-state index is 6.00. The number of benzene rings is 2. The summed E-state index contributed by atoms with van der Waals surface area (Å²) < 4.78 is 0. The molecule has 0 aliphatic carbocycles. The summed E-state index contributed by atoms with van der Waals surface area (Å²) in [5, 5.41) is 6.87. The summed E-state index contributed by atoms with van der Waals surface area (Å²) in [6, 6.07) is 19.1. The average Bonchev–Trinajstić information content (AvgIpc) is 3.08. The van der Waals surface area contributed by atoms with E-state index in [1.165, 1.54) is 16.7 Å². The topological polar surface area (TPSA) is 54.7 Å². The van der Waals surface area contributed by atoms with Crippen LogP contribution < -0.4 is 5.73 Å². The molecule has 2 aromatic carbocycles. The molecule has 3 nitrogen and oxygen atoms in total. The van der Waals surface area contributed by atoms with E-state index in [1.807, 2.05) is 18.5 Å². The van der Waals surface area contributed by atoms with Crippen LogP contribution in [-0.4, -0.2) is 16.7 Å². The highest BCUT2D eigenvalue weighted by Crippen LogP contribution is 2.25. The smallest absolute Gasteiger partial charge is 0.0565 e. The second-order valence-electron chi connectivity index (χ2n) is 5.23. The van der Waals surface area contributed by atoms with Crippen molar-refractivity contribution in [1.29, 1.82) is 0 Å². The molecule has 3 rings (SSSR count). The van der Waals surface area contributed by atoms with E-state index in [1.54, 1.807) is 0 Å². The molecule has 3 N–H and O–H groups in total. The van der Waals surface area contributed by atoms with E-state index in [4.69, 9.17) is 5.73 Å². The first-order valence-corrected chi connectivity index (χ1v) is 7.20. The normalized spacial score (nSPS) is 12.2. The monoisotopic (exact) mass is 277 g/mol. The van der Waals surface area contributed by atoms with Crippen molar-refractivity contribution < 1.29 is 0 Å². The minimum Gasteiger partial charge on any atom is -0.330 e. The van der Waals surface area contributed by atoms with E-state index >= 15 is 0 Å². The maximum Gasteiger partial charge on any atom is 0.0565 e. The molecule has 1 unspecified atom stereocenters. The quantitative estimate of drug-likeness (QED) is 0.751. The van der Waals surface area contributed by atoms with Crippen LogP contribution in [-0.2, 0) is 6.42 Å². The van der Waals surface area contributed by atoms with Crippen molar-refractivity contribution in [1.82, 2.24) is 10.2 Å². The summed E-state index contributed by atoms with van der Waals surface area (Å²) in [5.74, 6) is 0.333. The van der Waals surface area contributed by atoms with Crippen LogP contribution in [0.3, 0.4) is 0 Å². The molecule has 1 heterocycles. The zero-order valence-corrected chi connectivity index (χ0v) is 11.9. The van der Waals surface area contributed by atoms with Gasteiger partial charge in [0.25, 0.3) is 0 Å². The van der Waals surface area contributed by atoms with Gasteiger partial charge in [-0.05, 0) is 29.7 Å². The van der Waals surface area contributed by atoms with Crippen LogP contribution in [0.15, 0.2) is 67.0 Å². The summed E-state index contributed by atoms with van der Waals surface area (Å²) >= 11 is 0. The first kappa shape index (κ1) is 13.6. The number of aromatic amines is 1. The lowest BCUT2D eigenvalue weighted by molar-refractivity contribution is 0.694. The number of nitrogens with two attached hydrogens (primary N) is 1. The standard InChI is InChI=1S/C18H19N3/c19-11-17(9-14-5-2-1-3-6-14)15-7-4-8-16(10-15)18-12-20-21-13-18/h1-8,10,12-13,17H,9,11,19H2,(H,20,21). The summed E-state index contributed by atoms with van der Waals surface area (Å²) in [4.78, 5) is 0. The lowest BCUT2D eigenvalue weighted by Gasteiger charge is -2.16. The highest BCUT2D eigenvalue weighted by atomic mass is 15.1.